The van der Waals surface area contributed by atoms with Gasteiger partial charge in [-0.3, -0.25) is 0 Å². The topological polar surface area (TPSA) is 103 Å². The van der Waals surface area contributed by atoms with Crippen molar-refractivity contribution < 1.29 is 19.1 Å². The summed E-state index contributed by atoms with van der Waals surface area (Å²) >= 11 is 6.21. The smallest absolute Gasteiger partial charge is 0.343 e. The molecule has 25 heavy (non-hydrogen) atoms. The Morgan fingerprint density at radius 2 is 2.00 bits per heavy atom. The first-order chi connectivity index (χ1) is 12.0. The Labute approximate surface area is 149 Å². The fourth-order valence-corrected chi connectivity index (χ4v) is 2.18. The normalized spacial score (nSPS) is 10.5. The highest BCUT2D eigenvalue weighted by atomic mass is 35.5. The molecule has 0 aromatic heterocycles. The van der Waals surface area contributed by atoms with Gasteiger partial charge in [-0.05, 0) is 36.8 Å². The maximum Gasteiger partial charge on any atom is 0.343 e. The van der Waals surface area contributed by atoms with Gasteiger partial charge in [-0.15, -0.1) is 0 Å². The van der Waals surface area contributed by atoms with E-state index in [-0.39, 0.29) is 16.5 Å². The summed E-state index contributed by atoms with van der Waals surface area (Å²) in [5.74, 6) is -0.169. The van der Waals surface area contributed by atoms with E-state index >= 15 is 0 Å². The SMILES string of the molecule is CCOc1cc(/C=N/NC(N)=O)cc(Cl)c1OC(=O)c1ccccc1. The predicted octanol–water partition coefficient (Wildman–Crippen LogP) is 2.96. The molecule has 0 bridgehead atoms. The zero-order valence-corrected chi connectivity index (χ0v) is 14.1. The summed E-state index contributed by atoms with van der Waals surface area (Å²) < 4.78 is 10.9. The molecular formula is C17H16ClN3O4. The third kappa shape index (κ3) is 5.22. The summed E-state index contributed by atoms with van der Waals surface area (Å²) in [6.07, 6.45) is 1.34. The van der Waals surface area contributed by atoms with Crippen molar-refractivity contribution in [2.24, 2.45) is 10.8 Å². The number of carbonyl (C=O) groups is 2. The lowest BCUT2D eigenvalue weighted by molar-refractivity contribution is 0.0728. The minimum Gasteiger partial charge on any atom is -0.490 e. The first-order valence-corrected chi connectivity index (χ1v) is 7.71. The minimum atomic E-state index is -0.791. The first kappa shape index (κ1) is 18.3. The third-order valence-electron chi connectivity index (χ3n) is 2.92. The molecule has 7 nitrogen and oxygen atoms in total. The Morgan fingerprint density at radius 3 is 2.64 bits per heavy atom. The number of hydrazone groups is 1. The maximum absolute atomic E-state index is 12.2. The van der Waals surface area contributed by atoms with E-state index in [9.17, 15) is 9.59 Å². The van der Waals surface area contributed by atoms with Crippen LogP contribution in [0.5, 0.6) is 11.5 Å². The molecule has 8 heteroatoms. The van der Waals surface area contributed by atoms with E-state index in [0.29, 0.717) is 17.7 Å². The average molecular weight is 362 g/mol. The van der Waals surface area contributed by atoms with Crippen LogP contribution < -0.4 is 20.6 Å². The fourth-order valence-electron chi connectivity index (χ4n) is 1.92. The van der Waals surface area contributed by atoms with Crippen molar-refractivity contribution in [3.63, 3.8) is 0 Å². The molecule has 2 aromatic carbocycles. The van der Waals surface area contributed by atoms with Gasteiger partial charge in [0, 0.05) is 0 Å². The zero-order chi connectivity index (χ0) is 18.2. The molecule has 0 unspecified atom stereocenters. The Hall–Kier alpha value is -3.06. The number of nitrogens with zero attached hydrogens (tertiary/aromatic N) is 1. The highest BCUT2D eigenvalue weighted by Gasteiger charge is 2.17. The van der Waals surface area contributed by atoms with E-state index in [2.05, 4.69) is 10.5 Å². The van der Waals surface area contributed by atoms with Crippen LogP contribution in [0, 0.1) is 0 Å². The third-order valence-corrected chi connectivity index (χ3v) is 3.21. The lowest BCUT2D eigenvalue weighted by Gasteiger charge is -2.13. The summed E-state index contributed by atoms with van der Waals surface area (Å²) in [5.41, 5.74) is 7.91. The molecular weight excluding hydrogens is 346 g/mol. The van der Waals surface area contributed by atoms with Crippen LogP contribution in [0.1, 0.15) is 22.8 Å². The van der Waals surface area contributed by atoms with Gasteiger partial charge in [0.1, 0.15) is 0 Å². The van der Waals surface area contributed by atoms with Gasteiger partial charge in [0.15, 0.2) is 11.5 Å². The monoisotopic (exact) mass is 361 g/mol. The highest BCUT2D eigenvalue weighted by molar-refractivity contribution is 6.32. The van der Waals surface area contributed by atoms with E-state index in [1.54, 1.807) is 43.3 Å². The highest BCUT2D eigenvalue weighted by Crippen LogP contribution is 2.36. The van der Waals surface area contributed by atoms with E-state index in [4.69, 9.17) is 26.8 Å². The van der Waals surface area contributed by atoms with Crippen LogP contribution in [0.4, 0.5) is 4.79 Å². The fraction of sp³-hybridized carbons (Fsp3) is 0.118. The number of hydrogen-bond acceptors (Lipinski definition) is 5. The molecule has 130 valence electrons. The Kier molecular flexibility index (Phi) is 6.36. The van der Waals surface area contributed by atoms with E-state index in [1.165, 1.54) is 12.3 Å². The van der Waals surface area contributed by atoms with Crippen LogP contribution in [0.15, 0.2) is 47.6 Å². The molecule has 0 saturated carbocycles. The molecule has 0 fully saturated rings. The van der Waals surface area contributed by atoms with E-state index < -0.39 is 12.0 Å². The minimum absolute atomic E-state index is 0.109. The van der Waals surface area contributed by atoms with Crippen molar-refractivity contribution >= 4 is 29.8 Å². The molecule has 2 rings (SSSR count). The van der Waals surface area contributed by atoms with Crippen molar-refractivity contribution in [2.75, 3.05) is 6.61 Å². The first-order valence-electron chi connectivity index (χ1n) is 7.33. The number of carbonyl (C=O) groups excluding carboxylic acids is 2. The molecule has 0 saturated heterocycles. The Morgan fingerprint density at radius 1 is 1.28 bits per heavy atom. The molecule has 0 aliphatic heterocycles. The van der Waals surface area contributed by atoms with Gasteiger partial charge in [-0.1, -0.05) is 29.8 Å². The van der Waals surface area contributed by atoms with Crippen molar-refractivity contribution in [3.8, 4) is 11.5 Å². The van der Waals surface area contributed by atoms with Crippen LogP contribution in [-0.2, 0) is 0 Å². The van der Waals surface area contributed by atoms with Gasteiger partial charge in [-0.25, -0.2) is 15.0 Å². The second-order valence-electron chi connectivity index (χ2n) is 4.75. The van der Waals surface area contributed by atoms with Crippen LogP contribution in [0.2, 0.25) is 5.02 Å². The molecule has 2 amide bonds. The van der Waals surface area contributed by atoms with Gasteiger partial charge in [0.25, 0.3) is 0 Å². The molecule has 2 aromatic rings. The molecule has 3 N–H and O–H groups in total. The molecule has 0 aliphatic rings. The molecule has 0 spiro atoms. The second kappa shape index (κ2) is 8.70. The van der Waals surface area contributed by atoms with Gasteiger partial charge in [0.05, 0.1) is 23.4 Å². The number of nitrogens with two attached hydrogens (primary N) is 1. The second-order valence-corrected chi connectivity index (χ2v) is 5.16. The number of amides is 2. The number of urea groups is 1. The average Bonchev–Trinajstić information content (AvgIpc) is 2.58. The van der Waals surface area contributed by atoms with Crippen LogP contribution in [0.3, 0.4) is 0 Å². The number of halogens is 1. The summed E-state index contributed by atoms with van der Waals surface area (Å²) in [5, 5.41) is 3.81. The van der Waals surface area contributed by atoms with Crippen molar-refractivity contribution in [2.45, 2.75) is 6.92 Å². The Balaban J connectivity index is 2.29. The van der Waals surface area contributed by atoms with Gasteiger partial charge >= 0.3 is 12.0 Å². The molecule has 0 radical (unpaired) electrons. The quantitative estimate of drug-likeness (QED) is 0.357. The summed E-state index contributed by atoms with van der Waals surface area (Å²) in [4.78, 5) is 22.9. The Bertz CT molecular complexity index is 794. The van der Waals surface area contributed by atoms with Crippen molar-refractivity contribution in [1.29, 1.82) is 0 Å². The standard InChI is InChI=1S/C17H16ClN3O4/c1-2-24-14-9-11(10-20-21-17(19)23)8-13(18)15(14)25-16(22)12-6-4-3-5-7-12/h3-10H,2H2,1H3,(H3,19,21,23)/b20-10+. The summed E-state index contributed by atoms with van der Waals surface area (Å²) in [6.45, 7) is 2.12. The maximum atomic E-state index is 12.2. The summed E-state index contributed by atoms with van der Waals surface area (Å²) in [7, 11) is 0. The number of nitrogens with one attached hydrogen (secondary N) is 1. The number of esters is 1. The number of hydrogen-bond donors (Lipinski definition) is 2. The van der Waals surface area contributed by atoms with Gasteiger partial charge < -0.3 is 15.2 Å². The van der Waals surface area contributed by atoms with Crippen molar-refractivity contribution in [1.82, 2.24) is 5.43 Å². The lowest BCUT2D eigenvalue weighted by atomic mass is 10.2. The van der Waals surface area contributed by atoms with E-state index in [0.717, 1.165) is 0 Å². The van der Waals surface area contributed by atoms with Gasteiger partial charge in [0.2, 0.25) is 0 Å². The van der Waals surface area contributed by atoms with Crippen LogP contribution in [-0.4, -0.2) is 24.8 Å². The number of primary amides is 1. The number of benzene rings is 2. The van der Waals surface area contributed by atoms with E-state index in [1.807, 2.05) is 0 Å². The number of rotatable bonds is 6. The largest absolute Gasteiger partial charge is 0.490 e. The number of ether oxygens (including phenoxy) is 2. The molecule has 0 aliphatic carbocycles. The lowest BCUT2D eigenvalue weighted by Crippen LogP contribution is -2.24. The predicted molar refractivity (Wildman–Crippen MR) is 94.3 cm³/mol. The zero-order valence-electron chi connectivity index (χ0n) is 13.4. The summed E-state index contributed by atoms with van der Waals surface area (Å²) in [6, 6.07) is 10.8. The van der Waals surface area contributed by atoms with Crippen molar-refractivity contribution in [3.05, 3.63) is 58.6 Å². The van der Waals surface area contributed by atoms with Crippen LogP contribution >= 0.6 is 11.6 Å². The molecule has 0 heterocycles. The van der Waals surface area contributed by atoms with Crippen LogP contribution in [0.25, 0.3) is 0 Å². The van der Waals surface area contributed by atoms with Gasteiger partial charge in [-0.2, -0.15) is 5.10 Å². The molecule has 0 atom stereocenters.